The first kappa shape index (κ1) is 16.0. The van der Waals surface area contributed by atoms with E-state index in [0.717, 1.165) is 33.3 Å². The first-order valence-corrected chi connectivity index (χ1v) is 9.15. The molecular weight excluding hydrogens is 572 g/mol. The molecule has 2 aromatic rings. The molecule has 0 aromatic heterocycles. The van der Waals surface area contributed by atoms with Gasteiger partial charge in [-0.05, 0) is 76.8 Å². The highest BCUT2D eigenvalue weighted by atomic mass is 79.9. The molecule has 2 rings (SSSR count). The number of halogens is 5. The molecule has 100 valence electrons. The van der Waals surface area contributed by atoms with Crippen molar-refractivity contribution in [2.24, 2.45) is 0 Å². The standard InChI is InChI=1S/C13H7Br5O/c14-8-2-3-9-7(5-8)1-4-11(12(9)16)19-6-10(15)13(17)18/h1-5H,6H2. The normalized spacial score (nSPS) is 10.6. The van der Waals surface area contributed by atoms with Crippen LogP contribution < -0.4 is 4.74 Å². The van der Waals surface area contributed by atoms with Crippen LogP contribution in [0.1, 0.15) is 0 Å². The fourth-order valence-electron chi connectivity index (χ4n) is 1.55. The molecule has 0 aliphatic heterocycles. The lowest BCUT2D eigenvalue weighted by Gasteiger charge is -2.10. The predicted molar refractivity (Wildman–Crippen MR) is 98.7 cm³/mol. The summed E-state index contributed by atoms with van der Waals surface area (Å²) in [6.07, 6.45) is 0. The second-order valence-electron chi connectivity index (χ2n) is 3.70. The number of ether oxygens (including phenoxy) is 1. The molecule has 6 heteroatoms. The molecule has 0 radical (unpaired) electrons. The molecule has 0 aliphatic carbocycles. The maximum Gasteiger partial charge on any atom is 0.134 e. The van der Waals surface area contributed by atoms with Gasteiger partial charge in [0.15, 0.2) is 0 Å². The van der Waals surface area contributed by atoms with Crippen LogP contribution >= 0.6 is 79.6 Å². The van der Waals surface area contributed by atoms with Crippen molar-refractivity contribution in [2.75, 3.05) is 6.61 Å². The van der Waals surface area contributed by atoms with Gasteiger partial charge in [-0.3, -0.25) is 0 Å². The van der Waals surface area contributed by atoms with Gasteiger partial charge in [0.05, 0.1) is 12.3 Å². The summed E-state index contributed by atoms with van der Waals surface area (Å²) in [5.74, 6) is 0.813. The molecular formula is C13H7Br5O. The second kappa shape index (κ2) is 7.07. The number of hydrogen-bond donors (Lipinski definition) is 0. The van der Waals surface area contributed by atoms with Crippen molar-refractivity contribution in [3.63, 3.8) is 0 Å². The summed E-state index contributed by atoms with van der Waals surface area (Å²) in [4.78, 5) is 0. The third-order valence-corrected chi connectivity index (χ3v) is 6.40. The van der Waals surface area contributed by atoms with Crippen molar-refractivity contribution in [1.82, 2.24) is 0 Å². The van der Waals surface area contributed by atoms with E-state index in [4.69, 9.17) is 4.74 Å². The third-order valence-electron chi connectivity index (χ3n) is 2.44. The SMILES string of the molecule is BrC(Br)=C(Br)COc1ccc2cc(Br)ccc2c1Br. The monoisotopic (exact) mass is 574 g/mol. The predicted octanol–water partition coefficient (Wildman–Crippen LogP) is 7.10. The lowest BCUT2D eigenvalue weighted by atomic mass is 10.1. The van der Waals surface area contributed by atoms with Crippen molar-refractivity contribution in [3.8, 4) is 5.75 Å². The lowest BCUT2D eigenvalue weighted by Crippen LogP contribution is -1.98. The zero-order valence-electron chi connectivity index (χ0n) is 9.39. The van der Waals surface area contributed by atoms with Crippen molar-refractivity contribution in [2.45, 2.75) is 0 Å². The summed E-state index contributed by atoms with van der Waals surface area (Å²) in [5.41, 5.74) is 0. The van der Waals surface area contributed by atoms with Gasteiger partial charge in [0.2, 0.25) is 0 Å². The Morgan fingerprint density at radius 1 is 1.00 bits per heavy atom. The summed E-state index contributed by atoms with van der Waals surface area (Å²) >= 11 is 17.2. The van der Waals surface area contributed by atoms with Crippen LogP contribution in [0.5, 0.6) is 5.75 Å². The van der Waals surface area contributed by atoms with Crippen LogP contribution in [0.25, 0.3) is 10.8 Å². The number of fused-ring (bicyclic) bond motifs is 1. The molecule has 2 aromatic carbocycles. The van der Waals surface area contributed by atoms with Crippen LogP contribution in [0, 0.1) is 0 Å². The quantitative estimate of drug-likeness (QED) is 0.378. The Kier molecular flexibility index (Phi) is 5.96. The smallest absolute Gasteiger partial charge is 0.134 e. The van der Waals surface area contributed by atoms with E-state index < -0.39 is 0 Å². The maximum atomic E-state index is 5.77. The summed E-state index contributed by atoms with van der Waals surface area (Å²) in [7, 11) is 0. The minimum absolute atomic E-state index is 0.451. The van der Waals surface area contributed by atoms with Crippen LogP contribution in [0.3, 0.4) is 0 Å². The third kappa shape index (κ3) is 4.06. The Balaban J connectivity index is 2.33. The van der Waals surface area contributed by atoms with Crippen molar-refractivity contribution in [3.05, 3.63) is 47.2 Å². The van der Waals surface area contributed by atoms with Crippen LogP contribution in [-0.4, -0.2) is 6.61 Å². The maximum absolute atomic E-state index is 5.77. The molecule has 0 saturated carbocycles. The van der Waals surface area contributed by atoms with E-state index in [1.807, 2.05) is 18.2 Å². The molecule has 19 heavy (non-hydrogen) atoms. The average molecular weight is 579 g/mol. The van der Waals surface area contributed by atoms with Crippen LogP contribution in [0.2, 0.25) is 0 Å². The molecule has 1 nitrogen and oxygen atoms in total. The van der Waals surface area contributed by atoms with Crippen molar-refractivity contribution < 1.29 is 4.74 Å². The number of benzene rings is 2. The van der Waals surface area contributed by atoms with E-state index in [9.17, 15) is 0 Å². The average Bonchev–Trinajstić information content (AvgIpc) is 2.37. The molecule has 0 saturated heterocycles. The van der Waals surface area contributed by atoms with E-state index in [2.05, 4.69) is 91.8 Å². The zero-order valence-corrected chi connectivity index (χ0v) is 17.3. The van der Waals surface area contributed by atoms with E-state index in [-0.39, 0.29) is 0 Å². The summed E-state index contributed by atoms with van der Waals surface area (Å²) in [6.45, 7) is 0.451. The van der Waals surface area contributed by atoms with Crippen molar-refractivity contribution >= 4 is 90.4 Å². The molecule has 0 atom stereocenters. The molecule has 0 spiro atoms. The molecule has 0 fully saturated rings. The van der Waals surface area contributed by atoms with Crippen LogP contribution in [0.15, 0.2) is 47.2 Å². The molecule has 0 aliphatic rings. The number of rotatable bonds is 3. The fraction of sp³-hybridized carbons (Fsp3) is 0.0769. The number of hydrogen-bond acceptors (Lipinski definition) is 1. The van der Waals surface area contributed by atoms with Gasteiger partial charge in [-0.1, -0.05) is 44.0 Å². The van der Waals surface area contributed by atoms with Crippen LogP contribution in [-0.2, 0) is 0 Å². The summed E-state index contributed by atoms with van der Waals surface area (Å²) in [5, 5.41) is 2.28. The summed E-state index contributed by atoms with van der Waals surface area (Å²) < 4.78 is 9.56. The highest BCUT2D eigenvalue weighted by Crippen LogP contribution is 2.35. The van der Waals surface area contributed by atoms with E-state index in [1.54, 1.807) is 0 Å². The molecule has 0 unspecified atom stereocenters. The van der Waals surface area contributed by atoms with Crippen LogP contribution in [0.4, 0.5) is 0 Å². The van der Waals surface area contributed by atoms with Gasteiger partial charge in [0, 0.05) is 4.47 Å². The Morgan fingerprint density at radius 2 is 1.74 bits per heavy atom. The van der Waals surface area contributed by atoms with Gasteiger partial charge in [0.25, 0.3) is 0 Å². The first-order valence-electron chi connectivity index (χ1n) is 5.19. The zero-order chi connectivity index (χ0) is 14.0. The molecule has 0 heterocycles. The Morgan fingerprint density at radius 3 is 2.42 bits per heavy atom. The first-order chi connectivity index (χ1) is 8.99. The van der Waals surface area contributed by atoms with Gasteiger partial charge < -0.3 is 4.74 Å². The van der Waals surface area contributed by atoms with Gasteiger partial charge in [-0.25, -0.2) is 0 Å². The Hall–Kier alpha value is 0.640. The fourth-order valence-corrected chi connectivity index (χ4v) is 2.88. The minimum atomic E-state index is 0.451. The minimum Gasteiger partial charge on any atom is -0.487 e. The van der Waals surface area contributed by atoms with Gasteiger partial charge >= 0.3 is 0 Å². The topological polar surface area (TPSA) is 9.23 Å². The molecule has 0 amide bonds. The van der Waals surface area contributed by atoms with E-state index in [0.29, 0.717) is 6.61 Å². The second-order valence-corrected chi connectivity index (χ2v) is 9.01. The lowest BCUT2D eigenvalue weighted by molar-refractivity contribution is 0.359. The highest BCUT2D eigenvalue weighted by molar-refractivity contribution is 9.29. The van der Waals surface area contributed by atoms with E-state index in [1.165, 1.54) is 0 Å². The van der Waals surface area contributed by atoms with Gasteiger partial charge in [0.1, 0.15) is 12.4 Å². The van der Waals surface area contributed by atoms with Gasteiger partial charge in [-0.2, -0.15) is 0 Å². The van der Waals surface area contributed by atoms with Crippen molar-refractivity contribution in [1.29, 1.82) is 0 Å². The summed E-state index contributed by atoms with van der Waals surface area (Å²) in [6, 6.07) is 10.2. The van der Waals surface area contributed by atoms with E-state index >= 15 is 0 Å². The Bertz CT molecular complexity index is 647. The highest BCUT2D eigenvalue weighted by Gasteiger charge is 2.08. The van der Waals surface area contributed by atoms with Gasteiger partial charge in [-0.15, -0.1) is 0 Å². The Labute approximate surface area is 153 Å². The molecule has 0 bridgehead atoms. The molecule has 0 N–H and O–H groups in total. The largest absolute Gasteiger partial charge is 0.487 e.